The third-order valence-corrected chi connectivity index (χ3v) is 5.40. The summed E-state index contributed by atoms with van der Waals surface area (Å²) in [5, 5.41) is 11.1. The fourth-order valence-corrected chi connectivity index (χ4v) is 3.96. The van der Waals surface area contributed by atoms with Crippen LogP contribution in [0.5, 0.6) is 0 Å². The van der Waals surface area contributed by atoms with Gasteiger partial charge in [0.2, 0.25) is 5.95 Å². The summed E-state index contributed by atoms with van der Waals surface area (Å²) < 4.78 is 1.81. The Kier molecular flexibility index (Phi) is 4.29. The zero-order valence-electron chi connectivity index (χ0n) is 16.2. The number of hydrogen-bond acceptors (Lipinski definition) is 7. The maximum Gasteiger partial charge on any atom is 0.228 e. The molecule has 3 aromatic rings. The minimum atomic E-state index is 0.604. The Morgan fingerprint density at radius 3 is 2.89 bits per heavy atom. The summed E-state index contributed by atoms with van der Waals surface area (Å²) in [4.78, 5) is 16.6. The lowest BCUT2D eigenvalue weighted by Gasteiger charge is -2.24. The molecule has 0 aromatic carbocycles. The van der Waals surface area contributed by atoms with Gasteiger partial charge in [0, 0.05) is 56.1 Å². The summed E-state index contributed by atoms with van der Waals surface area (Å²) in [5.74, 6) is 0.604. The molecule has 0 saturated heterocycles. The summed E-state index contributed by atoms with van der Waals surface area (Å²) in [6, 6.07) is 2.17. The molecular formula is C20H24N8. The molecule has 0 aliphatic carbocycles. The lowest BCUT2D eigenvalue weighted by molar-refractivity contribution is 0.310. The number of pyridine rings is 1. The molecule has 0 spiro atoms. The molecule has 8 heteroatoms. The third-order valence-electron chi connectivity index (χ3n) is 5.40. The largest absolute Gasteiger partial charge is 0.323 e. The fourth-order valence-electron chi connectivity index (χ4n) is 3.96. The van der Waals surface area contributed by atoms with Crippen molar-refractivity contribution in [3.05, 3.63) is 47.2 Å². The normalized spacial score (nSPS) is 16.5. The van der Waals surface area contributed by atoms with E-state index in [-0.39, 0.29) is 0 Å². The van der Waals surface area contributed by atoms with E-state index in [1.807, 2.05) is 30.3 Å². The first kappa shape index (κ1) is 17.3. The zero-order chi connectivity index (χ0) is 19.1. The monoisotopic (exact) mass is 376 g/mol. The first-order chi connectivity index (χ1) is 13.7. The first-order valence-corrected chi connectivity index (χ1v) is 9.68. The van der Waals surface area contributed by atoms with Crippen molar-refractivity contribution in [2.24, 2.45) is 7.05 Å². The van der Waals surface area contributed by atoms with Crippen LogP contribution in [0.4, 0.5) is 11.6 Å². The van der Waals surface area contributed by atoms with E-state index in [0.29, 0.717) is 5.95 Å². The highest BCUT2D eigenvalue weighted by molar-refractivity contribution is 5.66. The standard InChI is InChI=1S/C20H24N8/c1-27-6-4-17-13(11-27)7-15(9-22-17)24-20-25-18-10-21-5-3-16(18)19(26-20)14-8-23-28(2)12-14/h7-9,12,21H,3-6,10-11H2,1-2H3,(H,24,25,26). The summed E-state index contributed by atoms with van der Waals surface area (Å²) in [5.41, 5.74) is 7.64. The number of aromatic nitrogens is 5. The van der Waals surface area contributed by atoms with Gasteiger partial charge in [-0.3, -0.25) is 9.67 Å². The van der Waals surface area contributed by atoms with Gasteiger partial charge in [-0.15, -0.1) is 0 Å². The zero-order valence-corrected chi connectivity index (χ0v) is 16.2. The van der Waals surface area contributed by atoms with Gasteiger partial charge in [0.25, 0.3) is 0 Å². The molecule has 28 heavy (non-hydrogen) atoms. The van der Waals surface area contributed by atoms with Crippen LogP contribution in [-0.4, -0.2) is 49.8 Å². The van der Waals surface area contributed by atoms with Crippen LogP contribution in [-0.2, 0) is 33.0 Å². The Labute approximate surface area is 164 Å². The molecule has 2 aliphatic heterocycles. The highest BCUT2D eigenvalue weighted by Gasteiger charge is 2.20. The van der Waals surface area contributed by atoms with Gasteiger partial charge in [0.1, 0.15) is 0 Å². The highest BCUT2D eigenvalue weighted by Crippen LogP contribution is 2.28. The Hall–Kier alpha value is -2.84. The molecule has 0 unspecified atom stereocenters. The lowest BCUT2D eigenvalue weighted by Crippen LogP contribution is -2.27. The molecule has 8 nitrogen and oxygen atoms in total. The maximum absolute atomic E-state index is 4.85. The van der Waals surface area contributed by atoms with Crippen LogP contribution in [0.25, 0.3) is 11.3 Å². The number of rotatable bonds is 3. The van der Waals surface area contributed by atoms with Crippen molar-refractivity contribution < 1.29 is 0 Å². The van der Waals surface area contributed by atoms with Crippen LogP contribution in [0.2, 0.25) is 0 Å². The van der Waals surface area contributed by atoms with Crippen molar-refractivity contribution in [3.63, 3.8) is 0 Å². The molecule has 2 aliphatic rings. The van der Waals surface area contributed by atoms with Crippen molar-refractivity contribution in [2.75, 3.05) is 25.5 Å². The molecule has 144 valence electrons. The molecule has 0 atom stereocenters. The Morgan fingerprint density at radius 2 is 2.04 bits per heavy atom. The number of anilines is 2. The third kappa shape index (κ3) is 3.25. The van der Waals surface area contributed by atoms with E-state index in [4.69, 9.17) is 9.97 Å². The van der Waals surface area contributed by atoms with Crippen molar-refractivity contribution in [1.29, 1.82) is 0 Å². The molecular weight excluding hydrogens is 352 g/mol. The highest BCUT2D eigenvalue weighted by atomic mass is 15.2. The maximum atomic E-state index is 4.85. The smallest absolute Gasteiger partial charge is 0.228 e. The van der Waals surface area contributed by atoms with E-state index in [1.54, 1.807) is 0 Å². The number of hydrogen-bond donors (Lipinski definition) is 2. The summed E-state index contributed by atoms with van der Waals surface area (Å²) in [7, 11) is 4.07. The second-order valence-electron chi connectivity index (χ2n) is 7.59. The van der Waals surface area contributed by atoms with E-state index >= 15 is 0 Å². The molecule has 0 fully saturated rings. The molecule has 0 radical (unpaired) electrons. The number of likely N-dealkylation sites (N-methyl/N-ethyl adjacent to an activating group) is 1. The first-order valence-electron chi connectivity index (χ1n) is 9.68. The van der Waals surface area contributed by atoms with Crippen LogP contribution in [0.1, 0.15) is 22.5 Å². The van der Waals surface area contributed by atoms with Crippen LogP contribution in [0, 0.1) is 0 Å². The predicted molar refractivity (Wildman–Crippen MR) is 107 cm³/mol. The quantitative estimate of drug-likeness (QED) is 0.719. The topological polar surface area (TPSA) is 83.8 Å². The minimum absolute atomic E-state index is 0.604. The molecule has 0 saturated carbocycles. The van der Waals surface area contributed by atoms with Crippen molar-refractivity contribution >= 4 is 11.6 Å². The molecule has 3 aromatic heterocycles. The summed E-state index contributed by atoms with van der Waals surface area (Å²) in [6.07, 6.45) is 7.68. The van der Waals surface area contributed by atoms with Gasteiger partial charge in [0.05, 0.1) is 29.5 Å². The van der Waals surface area contributed by atoms with Gasteiger partial charge >= 0.3 is 0 Å². The number of nitrogens with zero attached hydrogens (tertiary/aromatic N) is 6. The Morgan fingerprint density at radius 1 is 1.11 bits per heavy atom. The van der Waals surface area contributed by atoms with Crippen molar-refractivity contribution in [2.45, 2.75) is 25.9 Å². The number of fused-ring (bicyclic) bond motifs is 2. The van der Waals surface area contributed by atoms with Crippen molar-refractivity contribution in [3.8, 4) is 11.3 Å². The van der Waals surface area contributed by atoms with Crippen LogP contribution < -0.4 is 10.6 Å². The second-order valence-corrected chi connectivity index (χ2v) is 7.59. The van der Waals surface area contributed by atoms with Crippen LogP contribution in [0.3, 0.4) is 0 Å². The molecule has 0 amide bonds. The molecule has 5 rings (SSSR count). The van der Waals surface area contributed by atoms with Crippen molar-refractivity contribution in [1.82, 2.24) is 34.9 Å². The predicted octanol–water partition coefficient (Wildman–Crippen LogP) is 1.65. The van der Waals surface area contributed by atoms with Gasteiger partial charge in [0.15, 0.2) is 0 Å². The van der Waals surface area contributed by atoms with Gasteiger partial charge in [-0.05, 0) is 31.6 Å². The van der Waals surface area contributed by atoms with E-state index in [0.717, 1.165) is 61.7 Å². The lowest BCUT2D eigenvalue weighted by atomic mass is 10.0. The second kappa shape index (κ2) is 6.96. The summed E-state index contributed by atoms with van der Waals surface area (Å²) in [6.45, 7) is 3.68. The minimum Gasteiger partial charge on any atom is -0.323 e. The van der Waals surface area contributed by atoms with Gasteiger partial charge in [-0.1, -0.05) is 0 Å². The average Bonchev–Trinajstić information content (AvgIpc) is 3.13. The van der Waals surface area contributed by atoms with E-state index in [1.165, 1.54) is 16.8 Å². The van der Waals surface area contributed by atoms with Gasteiger partial charge in [-0.2, -0.15) is 5.10 Å². The molecule has 5 heterocycles. The molecule has 0 bridgehead atoms. The fraction of sp³-hybridized carbons (Fsp3) is 0.400. The Bertz CT molecular complexity index is 1030. The van der Waals surface area contributed by atoms with Crippen LogP contribution >= 0.6 is 0 Å². The van der Waals surface area contributed by atoms with E-state index < -0.39 is 0 Å². The van der Waals surface area contributed by atoms with Gasteiger partial charge < -0.3 is 15.5 Å². The SMILES string of the molecule is CN1CCc2ncc(Nc3nc4c(c(-c5cnn(C)c5)n3)CCNC4)cc2C1. The van der Waals surface area contributed by atoms with Crippen LogP contribution in [0.15, 0.2) is 24.7 Å². The number of aryl methyl sites for hydroxylation is 1. The average molecular weight is 376 g/mol. The summed E-state index contributed by atoms with van der Waals surface area (Å²) >= 11 is 0. The van der Waals surface area contributed by atoms with Gasteiger partial charge in [-0.25, -0.2) is 9.97 Å². The Balaban J connectivity index is 1.51. The van der Waals surface area contributed by atoms with E-state index in [2.05, 4.69) is 38.7 Å². The molecule has 2 N–H and O–H groups in total. The van der Waals surface area contributed by atoms with E-state index in [9.17, 15) is 0 Å². The number of nitrogens with one attached hydrogen (secondary N) is 2.